The maximum atomic E-state index is 13.4. The van der Waals surface area contributed by atoms with Crippen LogP contribution in [0, 0.1) is 26.2 Å². The third-order valence-corrected chi connectivity index (χ3v) is 7.81. The molecule has 0 aliphatic carbocycles. The van der Waals surface area contributed by atoms with E-state index in [1.54, 1.807) is 20.8 Å². The van der Waals surface area contributed by atoms with E-state index in [0.29, 0.717) is 37.2 Å². The molecular weight excluding hydrogens is 390 g/mol. The number of hydrogen-bond acceptors (Lipinski definition) is 5. The first-order valence-electron chi connectivity index (χ1n) is 9.95. The number of nitrogens with zero attached hydrogens (tertiary/aromatic N) is 2. The predicted octanol–water partition coefficient (Wildman–Crippen LogP) is 2.91. The van der Waals surface area contributed by atoms with Gasteiger partial charge < -0.3 is 4.74 Å². The van der Waals surface area contributed by atoms with Crippen LogP contribution in [0.3, 0.4) is 0 Å². The lowest BCUT2D eigenvalue weighted by molar-refractivity contribution is -0.157. The summed E-state index contributed by atoms with van der Waals surface area (Å²) in [5.41, 5.74) is 2.16. The molecule has 3 rings (SSSR count). The summed E-state index contributed by atoms with van der Waals surface area (Å²) in [4.78, 5) is 13.3. The van der Waals surface area contributed by atoms with E-state index in [9.17, 15) is 13.2 Å². The summed E-state index contributed by atoms with van der Waals surface area (Å²) >= 11 is 0. The number of aromatic nitrogens is 2. The smallest absolute Gasteiger partial charge is 0.313 e. The Morgan fingerprint density at radius 2 is 2.00 bits per heavy atom. The second-order valence-corrected chi connectivity index (χ2v) is 9.68. The maximum Gasteiger partial charge on any atom is 0.313 e. The number of piperidine rings is 1. The fourth-order valence-corrected chi connectivity index (χ4v) is 6.08. The average Bonchev–Trinajstić information content (AvgIpc) is 3.03. The normalized spacial score (nSPS) is 20.6. The molecule has 0 unspecified atom stereocenters. The molecule has 0 bridgehead atoms. The van der Waals surface area contributed by atoms with Crippen LogP contribution in [0.5, 0.6) is 0 Å². The van der Waals surface area contributed by atoms with Gasteiger partial charge in [0.05, 0.1) is 23.4 Å². The minimum Gasteiger partial charge on any atom is -0.466 e. The molecule has 2 heterocycles. The van der Waals surface area contributed by atoms with Gasteiger partial charge in [-0.05, 0) is 58.1 Å². The van der Waals surface area contributed by atoms with Crippen LogP contribution in [0.1, 0.15) is 42.3 Å². The van der Waals surface area contributed by atoms with E-state index in [-0.39, 0.29) is 24.0 Å². The highest BCUT2D eigenvalue weighted by atomic mass is 32.2. The molecule has 1 aliphatic heterocycles. The molecule has 1 aliphatic rings. The lowest BCUT2D eigenvalue weighted by Gasteiger charge is -2.40. The molecule has 1 aromatic heterocycles. The van der Waals surface area contributed by atoms with Crippen molar-refractivity contribution >= 4 is 16.0 Å². The lowest BCUT2D eigenvalue weighted by atomic mass is 9.75. The molecule has 8 heteroatoms. The first-order valence-corrected chi connectivity index (χ1v) is 11.4. The Hall–Kier alpha value is -2.19. The van der Waals surface area contributed by atoms with E-state index in [0.717, 1.165) is 11.1 Å². The quantitative estimate of drug-likeness (QED) is 0.727. The van der Waals surface area contributed by atoms with Gasteiger partial charge >= 0.3 is 5.97 Å². The Labute approximate surface area is 172 Å². The highest BCUT2D eigenvalue weighted by Crippen LogP contribution is 2.38. The largest absolute Gasteiger partial charge is 0.466 e. The Balaban J connectivity index is 2.00. The van der Waals surface area contributed by atoms with Gasteiger partial charge in [-0.15, -0.1) is 0 Å². The molecule has 1 fully saturated rings. The van der Waals surface area contributed by atoms with E-state index in [2.05, 4.69) is 10.2 Å². The fraction of sp³-hybridized carbons (Fsp3) is 0.524. The molecule has 1 atom stereocenters. The third-order valence-electron chi connectivity index (χ3n) is 5.70. The topological polar surface area (TPSA) is 92.4 Å². The molecular formula is C21H29N3O4S. The first kappa shape index (κ1) is 21.5. The second-order valence-electron chi connectivity index (χ2n) is 7.81. The zero-order valence-electron chi connectivity index (χ0n) is 17.5. The number of rotatable bonds is 6. The Bertz CT molecular complexity index is 980. The summed E-state index contributed by atoms with van der Waals surface area (Å²) in [6.45, 7) is 7.89. The zero-order chi connectivity index (χ0) is 21.2. The molecule has 0 spiro atoms. The van der Waals surface area contributed by atoms with Crippen LogP contribution in [-0.2, 0) is 26.0 Å². The van der Waals surface area contributed by atoms with E-state index in [4.69, 9.17) is 4.74 Å². The monoisotopic (exact) mass is 419 g/mol. The maximum absolute atomic E-state index is 13.4. The van der Waals surface area contributed by atoms with E-state index in [1.165, 1.54) is 4.31 Å². The number of carbonyl (C=O) groups is 1. The summed E-state index contributed by atoms with van der Waals surface area (Å²) < 4.78 is 33.6. The standard InChI is InChI=1S/C21H29N3O4S/c1-5-28-20(25)21(13-18-10-7-6-9-15(18)2)11-8-12-24(14-21)29(26,27)19-16(3)22-23-17(19)4/h6-7,9-10H,5,8,11-14H2,1-4H3,(H,22,23)/t21-/m1/s1. The average molecular weight is 420 g/mol. The number of H-pyrrole nitrogens is 1. The van der Waals surface area contributed by atoms with Crippen molar-refractivity contribution in [2.24, 2.45) is 5.41 Å². The summed E-state index contributed by atoms with van der Waals surface area (Å²) in [7, 11) is -3.77. The van der Waals surface area contributed by atoms with Gasteiger partial charge in [-0.2, -0.15) is 9.40 Å². The van der Waals surface area contributed by atoms with E-state index >= 15 is 0 Å². The van der Waals surface area contributed by atoms with E-state index < -0.39 is 15.4 Å². The van der Waals surface area contributed by atoms with Crippen LogP contribution in [0.25, 0.3) is 0 Å². The minimum atomic E-state index is -3.77. The molecule has 1 N–H and O–H groups in total. The van der Waals surface area contributed by atoms with Crippen molar-refractivity contribution in [2.75, 3.05) is 19.7 Å². The summed E-state index contributed by atoms with van der Waals surface area (Å²) in [5, 5.41) is 6.78. The van der Waals surface area contributed by atoms with Gasteiger partial charge in [0.1, 0.15) is 4.90 Å². The third kappa shape index (κ3) is 4.09. The number of sulfonamides is 1. The number of benzene rings is 1. The van der Waals surface area contributed by atoms with Crippen LogP contribution < -0.4 is 0 Å². The van der Waals surface area contributed by atoms with Gasteiger partial charge in [0.15, 0.2) is 0 Å². The first-order chi connectivity index (χ1) is 13.7. The molecule has 1 saturated heterocycles. The lowest BCUT2D eigenvalue weighted by Crippen LogP contribution is -2.51. The highest BCUT2D eigenvalue weighted by molar-refractivity contribution is 7.89. The Kier molecular flexibility index (Phi) is 6.14. The van der Waals surface area contributed by atoms with Crippen molar-refractivity contribution in [3.8, 4) is 0 Å². The van der Waals surface area contributed by atoms with Crippen LogP contribution in [0.2, 0.25) is 0 Å². The SMILES string of the molecule is CCOC(=O)[C@@]1(Cc2ccccc2C)CCCN(S(=O)(=O)c2c(C)n[nH]c2C)C1. The molecule has 0 radical (unpaired) electrons. The minimum absolute atomic E-state index is 0.104. The van der Waals surface area contributed by atoms with Crippen LogP contribution in [0.15, 0.2) is 29.2 Å². The molecule has 7 nitrogen and oxygen atoms in total. The molecule has 0 amide bonds. The number of nitrogens with one attached hydrogen (secondary N) is 1. The van der Waals surface area contributed by atoms with Crippen molar-refractivity contribution in [1.82, 2.24) is 14.5 Å². The summed E-state index contributed by atoms with van der Waals surface area (Å²) in [5.74, 6) is -0.330. The fourth-order valence-electron chi connectivity index (χ4n) is 4.18. The number of ether oxygens (including phenoxy) is 1. The number of aryl methyl sites for hydroxylation is 3. The summed E-state index contributed by atoms with van der Waals surface area (Å²) in [6.07, 6.45) is 1.64. The van der Waals surface area contributed by atoms with Gasteiger partial charge in [-0.1, -0.05) is 24.3 Å². The van der Waals surface area contributed by atoms with Gasteiger partial charge in [0.25, 0.3) is 0 Å². The van der Waals surface area contributed by atoms with Gasteiger partial charge in [-0.25, -0.2) is 8.42 Å². The Morgan fingerprint density at radius 1 is 1.28 bits per heavy atom. The molecule has 2 aromatic rings. The van der Waals surface area contributed by atoms with Crippen LogP contribution >= 0.6 is 0 Å². The Morgan fingerprint density at radius 3 is 2.62 bits per heavy atom. The molecule has 0 saturated carbocycles. The van der Waals surface area contributed by atoms with Crippen molar-refractivity contribution in [3.05, 3.63) is 46.8 Å². The number of aromatic amines is 1. The molecule has 1 aromatic carbocycles. The second kappa shape index (κ2) is 8.28. The van der Waals surface area contributed by atoms with Crippen molar-refractivity contribution in [3.63, 3.8) is 0 Å². The van der Waals surface area contributed by atoms with Gasteiger partial charge in [-0.3, -0.25) is 9.89 Å². The number of esters is 1. The number of hydrogen-bond donors (Lipinski definition) is 1. The number of carbonyl (C=O) groups excluding carboxylic acids is 1. The highest BCUT2D eigenvalue weighted by Gasteiger charge is 2.47. The van der Waals surface area contributed by atoms with Crippen molar-refractivity contribution < 1.29 is 17.9 Å². The molecule has 29 heavy (non-hydrogen) atoms. The van der Waals surface area contributed by atoms with Crippen molar-refractivity contribution in [1.29, 1.82) is 0 Å². The zero-order valence-corrected chi connectivity index (χ0v) is 18.3. The predicted molar refractivity (Wildman–Crippen MR) is 110 cm³/mol. The van der Waals surface area contributed by atoms with Crippen LogP contribution in [0.4, 0.5) is 0 Å². The summed E-state index contributed by atoms with van der Waals surface area (Å²) in [6, 6.07) is 7.90. The molecule has 158 valence electrons. The van der Waals surface area contributed by atoms with Crippen LogP contribution in [-0.4, -0.2) is 48.6 Å². The van der Waals surface area contributed by atoms with Gasteiger partial charge in [0.2, 0.25) is 10.0 Å². The van der Waals surface area contributed by atoms with Gasteiger partial charge in [0, 0.05) is 13.1 Å². The van der Waals surface area contributed by atoms with Crippen molar-refractivity contribution in [2.45, 2.75) is 51.9 Å². The van der Waals surface area contributed by atoms with E-state index in [1.807, 2.05) is 31.2 Å².